The number of aryl methyl sites for hydroxylation is 1. The first kappa shape index (κ1) is 10.5. The topological polar surface area (TPSA) is 44.4 Å². The normalized spacial score (nSPS) is 10.4. The minimum atomic E-state index is -0.332. The van der Waals surface area contributed by atoms with Gasteiger partial charge in [-0.3, -0.25) is 0 Å². The number of rotatable bonds is 3. The van der Waals surface area contributed by atoms with E-state index in [9.17, 15) is 4.79 Å². The summed E-state index contributed by atoms with van der Waals surface area (Å²) in [5, 5.41) is 0. The summed E-state index contributed by atoms with van der Waals surface area (Å²) in [6.45, 7) is 2.15. The number of carbonyl (C=O) groups is 1. The molecule has 0 aliphatic heterocycles. The van der Waals surface area contributed by atoms with Gasteiger partial charge in [0.1, 0.15) is 11.5 Å². The van der Waals surface area contributed by atoms with E-state index in [1.807, 2.05) is 18.3 Å². The molecule has 0 saturated carbocycles. The van der Waals surface area contributed by atoms with Gasteiger partial charge in [-0.1, -0.05) is 0 Å². The molecule has 0 atom stereocenters. The van der Waals surface area contributed by atoms with Gasteiger partial charge in [-0.2, -0.15) is 0 Å². The van der Waals surface area contributed by atoms with Crippen LogP contribution in [0.3, 0.4) is 0 Å². The summed E-state index contributed by atoms with van der Waals surface area (Å²) in [6, 6.07) is 5.44. The van der Waals surface area contributed by atoms with Crippen LogP contribution in [0.25, 0.3) is 11.3 Å². The van der Waals surface area contributed by atoms with Gasteiger partial charge in [0, 0.05) is 18.8 Å². The van der Waals surface area contributed by atoms with Crippen LogP contribution in [-0.2, 0) is 11.8 Å². The summed E-state index contributed by atoms with van der Waals surface area (Å²) < 4.78 is 12.0. The molecule has 2 heterocycles. The molecule has 2 rings (SSSR count). The van der Waals surface area contributed by atoms with Crippen molar-refractivity contribution in [3.05, 3.63) is 36.4 Å². The smallest absolute Gasteiger partial charge is 0.355 e. The SMILES string of the molecule is CCOC(=O)c1c(-c2ccco2)ccn1C. The van der Waals surface area contributed by atoms with Gasteiger partial charge in [0.05, 0.1) is 12.9 Å². The van der Waals surface area contributed by atoms with Crippen molar-refractivity contribution < 1.29 is 13.9 Å². The maximum Gasteiger partial charge on any atom is 0.355 e. The highest BCUT2D eigenvalue weighted by atomic mass is 16.5. The zero-order valence-corrected chi connectivity index (χ0v) is 9.27. The van der Waals surface area contributed by atoms with Gasteiger partial charge in [0.15, 0.2) is 0 Å². The van der Waals surface area contributed by atoms with Gasteiger partial charge in [-0.15, -0.1) is 0 Å². The average Bonchev–Trinajstić information content (AvgIpc) is 2.86. The number of ether oxygens (including phenoxy) is 1. The van der Waals surface area contributed by atoms with Gasteiger partial charge in [0.2, 0.25) is 0 Å². The van der Waals surface area contributed by atoms with Crippen molar-refractivity contribution >= 4 is 5.97 Å². The summed E-state index contributed by atoms with van der Waals surface area (Å²) >= 11 is 0. The molecule has 0 radical (unpaired) electrons. The summed E-state index contributed by atoms with van der Waals surface area (Å²) in [5.74, 6) is 0.338. The van der Waals surface area contributed by atoms with E-state index in [0.29, 0.717) is 18.1 Å². The van der Waals surface area contributed by atoms with Crippen LogP contribution in [0.15, 0.2) is 35.1 Å². The Bertz CT molecular complexity index is 482. The van der Waals surface area contributed by atoms with Crippen molar-refractivity contribution in [3.63, 3.8) is 0 Å². The third-order valence-corrected chi connectivity index (χ3v) is 2.33. The first-order valence-electron chi connectivity index (χ1n) is 5.10. The van der Waals surface area contributed by atoms with E-state index < -0.39 is 0 Å². The van der Waals surface area contributed by atoms with Crippen LogP contribution in [0.5, 0.6) is 0 Å². The third kappa shape index (κ3) is 1.74. The van der Waals surface area contributed by atoms with Gasteiger partial charge in [-0.25, -0.2) is 4.79 Å². The van der Waals surface area contributed by atoms with Crippen molar-refractivity contribution in [2.75, 3.05) is 6.61 Å². The Morgan fingerprint density at radius 2 is 2.31 bits per heavy atom. The van der Waals surface area contributed by atoms with Crippen LogP contribution in [0.4, 0.5) is 0 Å². The fraction of sp³-hybridized carbons (Fsp3) is 0.250. The van der Waals surface area contributed by atoms with Gasteiger partial charge in [-0.05, 0) is 25.1 Å². The maximum atomic E-state index is 11.8. The van der Waals surface area contributed by atoms with Gasteiger partial charge >= 0.3 is 5.97 Å². The molecule has 0 saturated heterocycles. The largest absolute Gasteiger partial charge is 0.464 e. The second-order valence-corrected chi connectivity index (χ2v) is 3.39. The molecule has 0 N–H and O–H groups in total. The zero-order valence-electron chi connectivity index (χ0n) is 9.27. The molecule has 0 unspecified atom stereocenters. The first-order valence-corrected chi connectivity index (χ1v) is 5.10. The molecule has 4 heteroatoms. The zero-order chi connectivity index (χ0) is 11.5. The highest BCUT2D eigenvalue weighted by molar-refractivity contribution is 5.95. The van der Waals surface area contributed by atoms with Gasteiger partial charge in [0.25, 0.3) is 0 Å². The molecule has 0 aliphatic carbocycles. The Morgan fingerprint density at radius 1 is 1.50 bits per heavy atom. The molecule has 0 fully saturated rings. The van der Waals surface area contributed by atoms with Gasteiger partial charge < -0.3 is 13.7 Å². The molecule has 2 aromatic rings. The Labute approximate surface area is 93.4 Å². The lowest BCUT2D eigenvalue weighted by atomic mass is 10.2. The quantitative estimate of drug-likeness (QED) is 0.745. The molecule has 0 spiro atoms. The summed E-state index contributed by atoms with van der Waals surface area (Å²) in [7, 11) is 1.80. The molecule has 16 heavy (non-hydrogen) atoms. The number of furan rings is 1. The Kier molecular flexibility index (Phi) is 2.81. The molecule has 0 aliphatic rings. The standard InChI is InChI=1S/C12H13NO3/c1-3-15-12(14)11-9(6-7-13(11)2)10-5-4-8-16-10/h4-8H,3H2,1-2H3. The maximum absolute atomic E-state index is 11.8. The Balaban J connectivity index is 2.44. The fourth-order valence-corrected chi connectivity index (χ4v) is 1.61. The van der Waals surface area contributed by atoms with Crippen molar-refractivity contribution in [1.29, 1.82) is 0 Å². The highest BCUT2D eigenvalue weighted by Crippen LogP contribution is 2.25. The lowest BCUT2D eigenvalue weighted by Gasteiger charge is -2.05. The molecular weight excluding hydrogens is 206 g/mol. The number of hydrogen-bond acceptors (Lipinski definition) is 3. The van der Waals surface area contributed by atoms with Crippen LogP contribution in [0, 0.1) is 0 Å². The van der Waals surface area contributed by atoms with Crippen molar-refractivity contribution in [1.82, 2.24) is 4.57 Å². The van der Waals surface area contributed by atoms with E-state index >= 15 is 0 Å². The number of nitrogens with zero attached hydrogens (tertiary/aromatic N) is 1. The molecule has 4 nitrogen and oxygen atoms in total. The van der Waals surface area contributed by atoms with Crippen molar-refractivity contribution in [2.24, 2.45) is 7.05 Å². The second-order valence-electron chi connectivity index (χ2n) is 3.39. The van der Waals surface area contributed by atoms with Crippen LogP contribution in [0.2, 0.25) is 0 Å². The van der Waals surface area contributed by atoms with E-state index in [2.05, 4.69) is 0 Å². The third-order valence-electron chi connectivity index (χ3n) is 2.33. The number of carbonyl (C=O) groups excluding carboxylic acids is 1. The Morgan fingerprint density at radius 3 is 2.94 bits per heavy atom. The summed E-state index contributed by atoms with van der Waals surface area (Å²) in [5.41, 5.74) is 1.27. The molecule has 0 bridgehead atoms. The Hall–Kier alpha value is -1.97. The van der Waals surface area contributed by atoms with Crippen LogP contribution >= 0.6 is 0 Å². The van der Waals surface area contributed by atoms with E-state index in [0.717, 1.165) is 5.56 Å². The second kappa shape index (κ2) is 4.26. The molecule has 2 aromatic heterocycles. The monoisotopic (exact) mass is 219 g/mol. The molecular formula is C12H13NO3. The number of esters is 1. The van der Waals surface area contributed by atoms with E-state index in [1.54, 1.807) is 30.9 Å². The fourth-order valence-electron chi connectivity index (χ4n) is 1.61. The number of aromatic nitrogens is 1. The minimum Gasteiger partial charge on any atom is -0.464 e. The molecule has 0 aromatic carbocycles. The molecule has 84 valence electrons. The molecule has 0 amide bonds. The summed E-state index contributed by atoms with van der Waals surface area (Å²) in [4.78, 5) is 11.8. The van der Waals surface area contributed by atoms with Crippen LogP contribution in [0.1, 0.15) is 17.4 Å². The van der Waals surface area contributed by atoms with Crippen molar-refractivity contribution in [2.45, 2.75) is 6.92 Å². The first-order chi connectivity index (χ1) is 7.74. The number of hydrogen-bond donors (Lipinski definition) is 0. The average molecular weight is 219 g/mol. The minimum absolute atomic E-state index is 0.332. The lowest BCUT2D eigenvalue weighted by Crippen LogP contribution is -2.10. The summed E-state index contributed by atoms with van der Waals surface area (Å²) in [6.07, 6.45) is 3.39. The van der Waals surface area contributed by atoms with Crippen LogP contribution in [-0.4, -0.2) is 17.1 Å². The van der Waals surface area contributed by atoms with E-state index in [4.69, 9.17) is 9.15 Å². The predicted octanol–water partition coefficient (Wildman–Crippen LogP) is 2.46. The van der Waals surface area contributed by atoms with Crippen molar-refractivity contribution in [3.8, 4) is 11.3 Å². The van der Waals surface area contributed by atoms with Crippen LogP contribution < -0.4 is 0 Å². The van der Waals surface area contributed by atoms with E-state index in [-0.39, 0.29) is 5.97 Å². The lowest BCUT2D eigenvalue weighted by molar-refractivity contribution is 0.0516. The van der Waals surface area contributed by atoms with E-state index in [1.165, 1.54) is 0 Å². The highest BCUT2D eigenvalue weighted by Gasteiger charge is 2.19. The predicted molar refractivity (Wildman–Crippen MR) is 59.1 cm³/mol.